The minimum atomic E-state index is -0.692. The maximum atomic E-state index is 12.0. The summed E-state index contributed by atoms with van der Waals surface area (Å²) in [5, 5.41) is 5.68. The molecule has 1 aliphatic rings. The Morgan fingerprint density at radius 3 is 2.96 bits per heavy atom. The topological polar surface area (TPSA) is 89.8 Å². The molecular formula is C18H17ClN2O5. The Hall–Kier alpha value is -2.93. The summed E-state index contributed by atoms with van der Waals surface area (Å²) in [6.07, 6.45) is 4.43. The van der Waals surface area contributed by atoms with Crippen LogP contribution in [0.15, 0.2) is 41.0 Å². The Labute approximate surface area is 154 Å². The Bertz CT molecular complexity index is 832. The Morgan fingerprint density at radius 2 is 2.19 bits per heavy atom. The second-order valence-electron chi connectivity index (χ2n) is 5.60. The van der Waals surface area contributed by atoms with E-state index >= 15 is 0 Å². The quantitative estimate of drug-likeness (QED) is 0.756. The van der Waals surface area contributed by atoms with Crippen LogP contribution in [0.3, 0.4) is 0 Å². The standard InChI is InChI=1S/C18H17ClN2O5/c1-11(18(23)20-9-13-3-2-6-24-13)21-16(22)5-4-12-7-14(19)17-15(8-12)25-10-26-17/h2-8,11H,9-10H2,1H3,(H,20,23)(H,21,22)/b5-4+. The zero-order chi connectivity index (χ0) is 18.5. The molecule has 3 rings (SSSR count). The van der Waals surface area contributed by atoms with Gasteiger partial charge in [0.15, 0.2) is 11.5 Å². The van der Waals surface area contributed by atoms with Crippen molar-refractivity contribution in [2.24, 2.45) is 0 Å². The summed E-state index contributed by atoms with van der Waals surface area (Å²) >= 11 is 6.09. The van der Waals surface area contributed by atoms with Gasteiger partial charge >= 0.3 is 0 Å². The molecule has 1 unspecified atom stereocenters. The molecule has 0 spiro atoms. The van der Waals surface area contributed by atoms with Crippen molar-refractivity contribution in [2.45, 2.75) is 19.5 Å². The first-order chi connectivity index (χ1) is 12.5. The molecule has 1 aromatic heterocycles. The summed E-state index contributed by atoms with van der Waals surface area (Å²) in [5.41, 5.74) is 0.685. The van der Waals surface area contributed by atoms with E-state index in [1.807, 2.05) is 0 Å². The smallest absolute Gasteiger partial charge is 0.244 e. The van der Waals surface area contributed by atoms with Crippen molar-refractivity contribution in [3.63, 3.8) is 0 Å². The normalized spacial score (nSPS) is 13.6. The van der Waals surface area contributed by atoms with Gasteiger partial charge in [0.1, 0.15) is 11.8 Å². The van der Waals surface area contributed by atoms with Crippen LogP contribution in [0.4, 0.5) is 0 Å². The number of benzene rings is 1. The number of ether oxygens (including phenoxy) is 2. The lowest BCUT2D eigenvalue weighted by Crippen LogP contribution is -2.44. The van der Waals surface area contributed by atoms with E-state index in [1.165, 1.54) is 12.3 Å². The summed E-state index contributed by atoms with van der Waals surface area (Å²) in [5.74, 6) is 0.948. The molecule has 0 saturated carbocycles. The average Bonchev–Trinajstić information content (AvgIpc) is 3.29. The highest BCUT2D eigenvalue weighted by Crippen LogP contribution is 2.40. The number of furan rings is 1. The number of halogens is 1. The highest BCUT2D eigenvalue weighted by Gasteiger charge is 2.18. The number of hydrogen-bond acceptors (Lipinski definition) is 5. The van der Waals surface area contributed by atoms with E-state index in [4.69, 9.17) is 25.5 Å². The predicted molar refractivity (Wildman–Crippen MR) is 94.8 cm³/mol. The van der Waals surface area contributed by atoms with Gasteiger partial charge in [-0.1, -0.05) is 11.6 Å². The fraction of sp³-hybridized carbons (Fsp3) is 0.222. The second-order valence-corrected chi connectivity index (χ2v) is 6.00. The minimum absolute atomic E-state index is 0.118. The van der Waals surface area contributed by atoms with Crippen molar-refractivity contribution >= 4 is 29.5 Å². The summed E-state index contributed by atoms with van der Waals surface area (Å²) in [6, 6.07) is 6.18. The third-order valence-electron chi connectivity index (χ3n) is 3.65. The highest BCUT2D eigenvalue weighted by molar-refractivity contribution is 6.32. The van der Waals surface area contributed by atoms with Gasteiger partial charge in [0.05, 0.1) is 17.8 Å². The molecule has 1 atom stereocenters. The third-order valence-corrected chi connectivity index (χ3v) is 3.93. The van der Waals surface area contributed by atoms with Crippen LogP contribution in [-0.4, -0.2) is 24.6 Å². The predicted octanol–water partition coefficient (Wildman–Crippen LogP) is 2.50. The van der Waals surface area contributed by atoms with Crippen LogP contribution >= 0.6 is 11.6 Å². The molecular weight excluding hydrogens is 360 g/mol. The van der Waals surface area contributed by atoms with E-state index in [2.05, 4.69) is 10.6 Å². The lowest BCUT2D eigenvalue weighted by Gasteiger charge is -2.12. The number of carbonyl (C=O) groups is 2. The molecule has 26 heavy (non-hydrogen) atoms. The summed E-state index contributed by atoms with van der Waals surface area (Å²) in [6.45, 7) is 1.98. The number of amides is 2. The molecule has 136 valence electrons. The average molecular weight is 377 g/mol. The zero-order valence-corrected chi connectivity index (χ0v) is 14.7. The lowest BCUT2D eigenvalue weighted by atomic mass is 10.2. The molecule has 2 aromatic rings. The van der Waals surface area contributed by atoms with E-state index in [0.29, 0.717) is 27.8 Å². The zero-order valence-electron chi connectivity index (χ0n) is 14.0. The van der Waals surface area contributed by atoms with Gasteiger partial charge in [-0.3, -0.25) is 9.59 Å². The molecule has 2 heterocycles. The fourth-order valence-corrected chi connectivity index (χ4v) is 2.60. The molecule has 0 aliphatic carbocycles. The van der Waals surface area contributed by atoms with E-state index in [-0.39, 0.29) is 19.2 Å². The molecule has 8 heteroatoms. The van der Waals surface area contributed by atoms with Gasteiger partial charge in [0.2, 0.25) is 18.6 Å². The van der Waals surface area contributed by atoms with Gasteiger partial charge < -0.3 is 24.5 Å². The van der Waals surface area contributed by atoms with Crippen molar-refractivity contribution in [1.29, 1.82) is 0 Å². The van der Waals surface area contributed by atoms with E-state index < -0.39 is 11.9 Å². The van der Waals surface area contributed by atoms with Crippen molar-refractivity contribution in [3.8, 4) is 11.5 Å². The number of nitrogens with one attached hydrogen (secondary N) is 2. The van der Waals surface area contributed by atoms with Gasteiger partial charge in [-0.05, 0) is 42.8 Å². The van der Waals surface area contributed by atoms with Crippen molar-refractivity contribution in [3.05, 3.63) is 53.0 Å². The molecule has 7 nitrogen and oxygen atoms in total. The highest BCUT2D eigenvalue weighted by atomic mass is 35.5. The van der Waals surface area contributed by atoms with Crippen LogP contribution in [-0.2, 0) is 16.1 Å². The number of fused-ring (bicyclic) bond motifs is 1. The summed E-state index contributed by atoms with van der Waals surface area (Å²) in [7, 11) is 0. The molecule has 0 radical (unpaired) electrons. The molecule has 1 aliphatic heterocycles. The first kappa shape index (κ1) is 17.9. The molecule has 0 bridgehead atoms. The first-order valence-corrected chi connectivity index (χ1v) is 8.28. The molecule has 0 fully saturated rings. The Morgan fingerprint density at radius 1 is 1.35 bits per heavy atom. The first-order valence-electron chi connectivity index (χ1n) is 7.91. The maximum Gasteiger partial charge on any atom is 0.244 e. The molecule has 2 amide bonds. The van der Waals surface area contributed by atoms with Gasteiger partial charge in [0, 0.05) is 6.08 Å². The summed E-state index contributed by atoms with van der Waals surface area (Å²) in [4.78, 5) is 24.0. The second kappa shape index (κ2) is 7.97. The van der Waals surface area contributed by atoms with Gasteiger partial charge in [-0.2, -0.15) is 0 Å². The fourth-order valence-electron chi connectivity index (χ4n) is 2.32. The molecule has 2 N–H and O–H groups in total. The monoisotopic (exact) mass is 376 g/mol. The number of carbonyl (C=O) groups excluding carboxylic acids is 2. The van der Waals surface area contributed by atoms with Crippen molar-refractivity contribution in [2.75, 3.05) is 6.79 Å². The number of rotatable bonds is 6. The lowest BCUT2D eigenvalue weighted by molar-refractivity contribution is -0.126. The molecule has 1 aromatic carbocycles. The van der Waals surface area contributed by atoms with E-state index in [1.54, 1.807) is 37.3 Å². The Kier molecular flexibility index (Phi) is 5.48. The third kappa shape index (κ3) is 4.37. The molecule has 0 saturated heterocycles. The maximum absolute atomic E-state index is 12.0. The van der Waals surface area contributed by atoms with Gasteiger partial charge in [0.25, 0.3) is 0 Å². The Balaban J connectivity index is 1.52. The van der Waals surface area contributed by atoms with Gasteiger partial charge in [-0.25, -0.2) is 0 Å². The minimum Gasteiger partial charge on any atom is -0.467 e. The largest absolute Gasteiger partial charge is 0.467 e. The van der Waals surface area contributed by atoms with E-state index in [9.17, 15) is 9.59 Å². The van der Waals surface area contributed by atoms with Gasteiger partial charge in [-0.15, -0.1) is 0 Å². The summed E-state index contributed by atoms with van der Waals surface area (Å²) < 4.78 is 15.6. The van der Waals surface area contributed by atoms with Crippen LogP contribution in [0.25, 0.3) is 6.08 Å². The van der Waals surface area contributed by atoms with Crippen LogP contribution < -0.4 is 20.1 Å². The SMILES string of the molecule is CC(NC(=O)/C=C/c1cc(Cl)c2c(c1)OCO2)C(=O)NCc1ccco1. The van der Waals surface area contributed by atoms with E-state index in [0.717, 1.165) is 0 Å². The van der Waals surface area contributed by atoms with Crippen LogP contribution in [0.1, 0.15) is 18.2 Å². The van der Waals surface area contributed by atoms with Crippen LogP contribution in [0.5, 0.6) is 11.5 Å². The number of hydrogen-bond donors (Lipinski definition) is 2. The van der Waals surface area contributed by atoms with Crippen LogP contribution in [0, 0.1) is 0 Å². The van der Waals surface area contributed by atoms with Crippen LogP contribution in [0.2, 0.25) is 5.02 Å². The van der Waals surface area contributed by atoms with Crippen molar-refractivity contribution < 1.29 is 23.5 Å². The van der Waals surface area contributed by atoms with Crippen molar-refractivity contribution in [1.82, 2.24) is 10.6 Å².